The standard InChI is InChI=1S/C24H23F3N6O5S/c1-39(36,37)31-15-2-7-19-20(9-15)29-13-30-22(19)38-18-5-3-16(4-6-18)33-21(34)12-32(23(33)35)17-8-14(10-28-11-17)24(25,26)27/h2,7-11,13,16,18,31H,3-6,12H2,1H3. The second kappa shape index (κ2) is 9.94. The summed E-state index contributed by atoms with van der Waals surface area (Å²) in [4.78, 5) is 39.9. The van der Waals surface area contributed by atoms with Gasteiger partial charge in [-0.3, -0.25) is 24.3 Å². The third-order valence-corrected chi connectivity index (χ3v) is 7.16. The average Bonchev–Trinajstić information content (AvgIpc) is 3.17. The van der Waals surface area contributed by atoms with Crippen molar-refractivity contribution in [2.75, 3.05) is 22.4 Å². The number of carbonyl (C=O) groups is 2. The van der Waals surface area contributed by atoms with E-state index in [1.54, 1.807) is 18.2 Å². The van der Waals surface area contributed by atoms with Gasteiger partial charge in [0.1, 0.15) is 19.0 Å². The highest BCUT2D eigenvalue weighted by Crippen LogP contribution is 2.34. The molecule has 3 amide bonds. The summed E-state index contributed by atoms with van der Waals surface area (Å²) in [6.07, 6.45) is 1.17. The quantitative estimate of drug-likeness (QED) is 0.449. The summed E-state index contributed by atoms with van der Waals surface area (Å²) in [6, 6.07) is 4.51. The number of rotatable bonds is 6. The molecule has 2 fully saturated rings. The largest absolute Gasteiger partial charge is 0.474 e. The normalized spacial score (nSPS) is 20.5. The van der Waals surface area contributed by atoms with E-state index in [1.807, 2.05) is 0 Å². The van der Waals surface area contributed by atoms with E-state index >= 15 is 0 Å². The first-order valence-corrected chi connectivity index (χ1v) is 13.8. The van der Waals surface area contributed by atoms with Crippen LogP contribution in [0.25, 0.3) is 10.9 Å². The number of sulfonamides is 1. The van der Waals surface area contributed by atoms with E-state index in [-0.39, 0.29) is 18.3 Å². The molecular weight excluding hydrogens is 541 g/mol. The molecule has 206 valence electrons. The molecule has 0 unspecified atom stereocenters. The SMILES string of the molecule is CS(=O)(=O)Nc1ccc2c(OC3CCC(N4C(=O)CN(c5cncc(C(F)(F)F)c5)C4=O)CC3)ncnc2c1. The molecule has 2 aromatic heterocycles. The Bertz CT molecular complexity index is 1540. The van der Waals surface area contributed by atoms with E-state index in [0.717, 1.165) is 28.3 Å². The Kier molecular flexibility index (Phi) is 6.78. The first kappa shape index (κ1) is 26.6. The fourth-order valence-electron chi connectivity index (χ4n) is 4.79. The van der Waals surface area contributed by atoms with Gasteiger partial charge in [0.25, 0.3) is 5.91 Å². The molecule has 11 nitrogen and oxygen atoms in total. The second-order valence-corrected chi connectivity index (χ2v) is 11.1. The number of benzene rings is 1. The predicted molar refractivity (Wildman–Crippen MR) is 134 cm³/mol. The lowest BCUT2D eigenvalue weighted by atomic mass is 9.92. The molecule has 0 bridgehead atoms. The molecule has 3 aromatic rings. The number of ether oxygens (including phenoxy) is 1. The molecule has 15 heteroatoms. The van der Waals surface area contributed by atoms with Crippen molar-refractivity contribution in [2.24, 2.45) is 0 Å². The maximum absolute atomic E-state index is 13.1. The third kappa shape index (κ3) is 5.72. The van der Waals surface area contributed by atoms with Gasteiger partial charge >= 0.3 is 12.2 Å². The number of carbonyl (C=O) groups excluding carboxylic acids is 2. The third-order valence-electron chi connectivity index (χ3n) is 6.55. The number of amides is 3. The summed E-state index contributed by atoms with van der Waals surface area (Å²) in [5.41, 5.74) is -0.255. The number of alkyl halides is 3. The highest BCUT2D eigenvalue weighted by atomic mass is 32.2. The fourth-order valence-corrected chi connectivity index (χ4v) is 5.35. The van der Waals surface area contributed by atoms with Gasteiger partial charge in [-0.15, -0.1) is 0 Å². The van der Waals surface area contributed by atoms with Crippen LogP contribution in [0.3, 0.4) is 0 Å². The van der Waals surface area contributed by atoms with Crippen molar-refractivity contribution in [3.63, 3.8) is 0 Å². The topological polar surface area (TPSA) is 135 Å². The van der Waals surface area contributed by atoms with Gasteiger partial charge < -0.3 is 4.74 Å². The van der Waals surface area contributed by atoms with E-state index in [4.69, 9.17) is 4.74 Å². The van der Waals surface area contributed by atoms with Gasteiger partial charge in [-0.25, -0.2) is 23.2 Å². The van der Waals surface area contributed by atoms with Crippen LogP contribution in [0.4, 0.5) is 29.3 Å². The molecule has 1 aromatic carbocycles. The van der Waals surface area contributed by atoms with Gasteiger partial charge in [-0.2, -0.15) is 13.2 Å². The number of halogens is 3. The summed E-state index contributed by atoms with van der Waals surface area (Å²) in [6.45, 7) is -0.360. The number of fused-ring (bicyclic) bond motifs is 1. The Morgan fingerprint density at radius 2 is 1.79 bits per heavy atom. The van der Waals surface area contributed by atoms with Gasteiger partial charge in [-0.1, -0.05) is 0 Å². The number of pyridine rings is 1. The smallest absolute Gasteiger partial charge is 0.417 e. The lowest BCUT2D eigenvalue weighted by Crippen LogP contribution is -2.44. The molecule has 2 aliphatic rings. The molecule has 1 aliphatic heterocycles. The Hall–Kier alpha value is -4.01. The molecular formula is C24H23F3N6O5S. The molecule has 0 radical (unpaired) electrons. The van der Waals surface area contributed by atoms with Gasteiger partial charge in [0.05, 0.1) is 40.3 Å². The molecule has 0 atom stereocenters. The number of hydrogen-bond acceptors (Lipinski definition) is 8. The molecule has 1 saturated carbocycles. The van der Waals surface area contributed by atoms with Gasteiger partial charge in [0, 0.05) is 12.2 Å². The number of hydrogen-bond donors (Lipinski definition) is 1. The number of imide groups is 1. The van der Waals surface area contributed by atoms with Crippen molar-refractivity contribution in [3.05, 3.63) is 48.5 Å². The summed E-state index contributed by atoms with van der Waals surface area (Å²) < 4.78 is 70.8. The highest BCUT2D eigenvalue weighted by Gasteiger charge is 2.43. The second-order valence-electron chi connectivity index (χ2n) is 9.40. The van der Waals surface area contributed by atoms with Crippen molar-refractivity contribution in [1.29, 1.82) is 0 Å². The number of aromatic nitrogens is 3. The van der Waals surface area contributed by atoms with Crippen LogP contribution in [-0.4, -0.2) is 65.2 Å². The molecule has 1 saturated heterocycles. The van der Waals surface area contributed by atoms with Crippen molar-refractivity contribution < 1.29 is 35.9 Å². The van der Waals surface area contributed by atoms with E-state index in [9.17, 15) is 31.2 Å². The Morgan fingerprint density at radius 1 is 1.05 bits per heavy atom. The van der Waals surface area contributed by atoms with Crippen LogP contribution in [0, 0.1) is 0 Å². The molecule has 3 heterocycles. The van der Waals surface area contributed by atoms with Crippen LogP contribution in [0.5, 0.6) is 5.88 Å². The number of urea groups is 1. The zero-order valence-electron chi connectivity index (χ0n) is 20.6. The van der Waals surface area contributed by atoms with Crippen LogP contribution in [0.2, 0.25) is 0 Å². The monoisotopic (exact) mass is 564 g/mol. The van der Waals surface area contributed by atoms with Crippen LogP contribution in [0.15, 0.2) is 43.0 Å². The highest BCUT2D eigenvalue weighted by molar-refractivity contribution is 7.92. The van der Waals surface area contributed by atoms with Crippen LogP contribution >= 0.6 is 0 Å². The summed E-state index contributed by atoms with van der Waals surface area (Å²) in [7, 11) is -3.45. The predicted octanol–water partition coefficient (Wildman–Crippen LogP) is 3.57. The van der Waals surface area contributed by atoms with E-state index in [0.29, 0.717) is 54.4 Å². The average molecular weight is 565 g/mol. The lowest BCUT2D eigenvalue weighted by molar-refractivity contribution is -0.137. The molecule has 0 spiro atoms. The van der Waals surface area contributed by atoms with Gasteiger partial charge in [-0.05, 0) is 49.9 Å². The van der Waals surface area contributed by atoms with Crippen LogP contribution in [-0.2, 0) is 21.0 Å². The first-order chi connectivity index (χ1) is 18.4. The van der Waals surface area contributed by atoms with Gasteiger partial charge in [0.2, 0.25) is 15.9 Å². The Labute approximate surface area is 221 Å². The van der Waals surface area contributed by atoms with Crippen molar-refractivity contribution in [1.82, 2.24) is 19.9 Å². The summed E-state index contributed by atoms with van der Waals surface area (Å²) >= 11 is 0. The zero-order chi connectivity index (χ0) is 27.9. The zero-order valence-corrected chi connectivity index (χ0v) is 21.4. The molecule has 5 rings (SSSR count). The maximum atomic E-state index is 13.1. The van der Waals surface area contributed by atoms with Crippen molar-refractivity contribution in [3.8, 4) is 5.88 Å². The Balaban J connectivity index is 1.24. The van der Waals surface area contributed by atoms with Gasteiger partial charge in [0.15, 0.2) is 0 Å². The molecule has 1 N–H and O–H groups in total. The Morgan fingerprint density at radius 3 is 2.49 bits per heavy atom. The van der Waals surface area contributed by atoms with E-state index in [1.165, 1.54) is 6.33 Å². The number of nitrogens with zero attached hydrogens (tertiary/aromatic N) is 5. The maximum Gasteiger partial charge on any atom is 0.417 e. The number of anilines is 2. The first-order valence-electron chi connectivity index (χ1n) is 11.9. The number of nitrogens with one attached hydrogen (secondary N) is 1. The molecule has 39 heavy (non-hydrogen) atoms. The van der Waals surface area contributed by atoms with Crippen molar-refractivity contribution in [2.45, 2.75) is 44.0 Å². The fraction of sp³-hybridized carbons (Fsp3) is 0.375. The minimum Gasteiger partial charge on any atom is -0.474 e. The minimum atomic E-state index is -4.63. The van der Waals surface area contributed by atoms with Crippen LogP contribution < -0.4 is 14.4 Å². The van der Waals surface area contributed by atoms with E-state index < -0.39 is 39.7 Å². The molecule has 1 aliphatic carbocycles. The van der Waals surface area contributed by atoms with Crippen LogP contribution in [0.1, 0.15) is 31.2 Å². The summed E-state index contributed by atoms with van der Waals surface area (Å²) in [5.74, 6) is -0.159. The summed E-state index contributed by atoms with van der Waals surface area (Å²) in [5, 5.41) is 0.592. The lowest BCUT2D eigenvalue weighted by Gasteiger charge is -2.33. The van der Waals surface area contributed by atoms with Crippen molar-refractivity contribution >= 4 is 44.2 Å². The minimum absolute atomic E-state index is 0.0896. The van der Waals surface area contributed by atoms with E-state index in [2.05, 4.69) is 19.7 Å².